The van der Waals surface area contributed by atoms with E-state index in [0.717, 1.165) is 44.9 Å². The molecule has 4 fully saturated rings. The van der Waals surface area contributed by atoms with Gasteiger partial charge in [-0.1, -0.05) is 6.42 Å². The zero-order valence-electron chi connectivity index (χ0n) is 9.27. The number of halogens is 3. The lowest BCUT2D eigenvalue weighted by atomic mass is 9.71. The fourth-order valence-electron chi connectivity index (χ4n) is 4.86. The van der Waals surface area contributed by atoms with Crippen LogP contribution < -0.4 is 5.32 Å². The van der Waals surface area contributed by atoms with E-state index in [4.69, 9.17) is 0 Å². The Morgan fingerprint density at radius 1 is 0.938 bits per heavy atom. The van der Waals surface area contributed by atoms with Crippen LogP contribution in [-0.4, -0.2) is 18.0 Å². The summed E-state index contributed by atoms with van der Waals surface area (Å²) in [6, 6.07) is 0.796. The minimum absolute atomic E-state index is 0. The van der Waals surface area contributed by atoms with E-state index in [0.29, 0.717) is 12.1 Å². The van der Waals surface area contributed by atoms with Crippen LogP contribution in [0.25, 0.3) is 0 Å². The van der Waals surface area contributed by atoms with Crippen molar-refractivity contribution in [3.05, 3.63) is 0 Å². The lowest BCUT2D eigenvalue weighted by Gasteiger charge is -2.35. The van der Waals surface area contributed by atoms with E-state index in [-0.39, 0.29) is 12.4 Å². The Hall–Kier alpha value is 0.110. The van der Waals surface area contributed by atoms with Crippen molar-refractivity contribution >= 4 is 12.4 Å². The first-order valence-electron chi connectivity index (χ1n) is 6.25. The van der Waals surface area contributed by atoms with E-state index in [1.54, 1.807) is 0 Å². The summed E-state index contributed by atoms with van der Waals surface area (Å²) in [6.07, 6.45) is 6.35. The van der Waals surface area contributed by atoms with E-state index >= 15 is 0 Å². The van der Waals surface area contributed by atoms with Crippen molar-refractivity contribution in [2.24, 2.45) is 10.8 Å². The van der Waals surface area contributed by atoms with Gasteiger partial charge in [0.05, 0.1) is 0 Å². The Labute approximate surface area is 101 Å². The molecule has 2 saturated carbocycles. The third-order valence-electron chi connectivity index (χ3n) is 5.79. The minimum Gasteiger partial charge on any atom is -0.311 e. The molecule has 0 aromatic carbocycles. The van der Waals surface area contributed by atoms with E-state index in [1.165, 1.54) is 0 Å². The monoisotopic (exact) mass is 249 g/mol. The van der Waals surface area contributed by atoms with Gasteiger partial charge >= 0.3 is 0 Å². The van der Waals surface area contributed by atoms with E-state index in [9.17, 15) is 8.78 Å². The van der Waals surface area contributed by atoms with Gasteiger partial charge in [-0.3, -0.25) is 0 Å². The zero-order valence-corrected chi connectivity index (χ0v) is 10.1. The molecule has 92 valence electrons. The first kappa shape index (κ1) is 11.2. The van der Waals surface area contributed by atoms with Crippen LogP contribution in [0.5, 0.6) is 0 Å². The van der Waals surface area contributed by atoms with Crippen LogP contribution in [0.2, 0.25) is 0 Å². The largest absolute Gasteiger partial charge is 0.311 e. The minimum atomic E-state index is -2.33. The molecule has 1 nitrogen and oxygen atoms in total. The zero-order chi connectivity index (χ0) is 10.3. The van der Waals surface area contributed by atoms with Crippen LogP contribution in [0.4, 0.5) is 8.78 Å². The highest BCUT2D eigenvalue weighted by Gasteiger charge is 2.91. The lowest BCUT2D eigenvalue weighted by Crippen LogP contribution is -2.42. The highest BCUT2D eigenvalue weighted by atomic mass is 35.5. The number of nitrogens with one attached hydrogen (secondary N) is 1. The average Bonchev–Trinajstić information content (AvgIpc) is 2.36. The lowest BCUT2D eigenvalue weighted by molar-refractivity contribution is 0.0174. The van der Waals surface area contributed by atoms with Crippen LogP contribution >= 0.6 is 12.4 Å². The normalized spacial score (nSPS) is 49.9. The molecule has 0 amide bonds. The summed E-state index contributed by atoms with van der Waals surface area (Å²) in [4.78, 5) is 0. The number of fused-ring (bicyclic) bond motifs is 3. The molecule has 2 atom stereocenters. The molecule has 4 rings (SSSR count). The summed E-state index contributed by atoms with van der Waals surface area (Å²) >= 11 is 0. The van der Waals surface area contributed by atoms with Crippen molar-refractivity contribution in [3.8, 4) is 0 Å². The van der Waals surface area contributed by atoms with Crippen molar-refractivity contribution < 1.29 is 8.78 Å². The van der Waals surface area contributed by atoms with Gasteiger partial charge in [-0.2, -0.15) is 0 Å². The first-order valence-corrected chi connectivity index (χ1v) is 6.25. The second kappa shape index (κ2) is 2.92. The van der Waals surface area contributed by atoms with Crippen molar-refractivity contribution in [3.63, 3.8) is 0 Å². The molecule has 0 aromatic rings. The van der Waals surface area contributed by atoms with Gasteiger partial charge in [0, 0.05) is 22.9 Å². The second-order valence-corrected chi connectivity index (χ2v) is 6.14. The molecule has 16 heavy (non-hydrogen) atoms. The van der Waals surface area contributed by atoms with Crippen molar-refractivity contribution in [1.82, 2.24) is 5.32 Å². The van der Waals surface area contributed by atoms with Crippen LogP contribution in [0.3, 0.4) is 0 Å². The van der Waals surface area contributed by atoms with Crippen molar-refractivity contribution in [2.75, 3.05) is 0 Å². The van der Waals surface area contributed by atoms with E-state index < -0.39 is 16.8 Å². The Morgan fingerprint density at radius 2 is 1.50 bits per heavy atom. The molecule has 2 aliphatic heterocycles. The molecular weight excluding hydrogens is 232 g/mol. The predicted molar refractivity (Wildman–Crippen MR) is 60.1 cm³/mol. The average molecular weight is 250 g/mol. The molecule has 2 spiro atoms. The summed E-state index contributed by atoms with van der Waals surface area (Å²) in [5, 5.41) is 3.48. The van der Waals surface area contributed by atoms with Crippen LogP contribution in [0.15, 0.2) is 0 Å². The summed E-state index contributed by atoms with van der Waals surface area (Å²) in [7, 11) is 0. The Balaban J connectivity index is 0.000000810. The second-order valence-electron chi connectivity index (χ2n) is 6.14. The third kappa shape index (κ3) is 0.893. The smallest absolute Gasteiger partial charge is 0.260 e. The van der Waals surface area contributed by atoms with Gasteiger partial charge in [-0.15, -0.1) is 12.4 Å². The first-order chi connectivity index (χ1) is 7.11. The molecule has 4 heteroatoms. The number of hydrogen-bond donors (Lipinski definition) is 1. The van der Waals surface area contributed by atoms with Gasteiger partial charge in [0.15, 0.2) is 0 Å². The molecule has 2 unspecified atom stereocenters. The van der Waals surface area contributed by atoms with Gasteiger partial charge in [-0.25, -0.2) is 8.78 Å². The maximum Gasteiger partial charge on any atom is 0.260 e. The highest BCUT2D eigenvalue weighted by Crippen LogP contribution is 2.86. The van der Waals surface area contributed by atoms with Gasteiger partial charge in [0.1, 0.15) is 0 Å². The molecular formula is C12H18ClF2N. The van der Waals surface area contributed by atoms with Crippen LogP contribution in [0, 0.1) is 10.8 Å². The molecule has 2 heterocycles. The number of alkyl halides is 2. The quantitative estimate of drug-likeness (QED) is 0.696. The maximum atomic E-state index is 14.1. The number of hydrogen-bond acceptors (Lipinski definition) is 1. The summed E-state index contributed by atoms with van der Waals surface area (Å²) in [6.45, 7) is 0. The van der Waals surface area contributed by atoms with Gasteiger partial charge in [-0.05, 0) is 38.5 Å². The molecule has 0 radical (unpaired) electrons. The topological polar surface area (TPSA) is 12.0 Å². The third-order valence-corrected chi connectivity index (χ3v) is 5.79. The molecule has 1 N–H and O–H groups in total. The molecule has 4 aliphatic rings. The summed E-state index contributed by atoms with van der Waals surface area (Å²) in [5.74, 6) is -2.33. The van der Waals surface area contributed by atoms with Gasteiger partial charge < -0.3 is 5.32 Å². The van der Waals surface area contributed by atoms with Crippen LogP contribution in [0.1, 0.15) is 44.9 Å². The Bertz CT molecular complexity index is 315. The molecule has 0 aromatic heterocycles. The fourth-order valence-corrected chi connectivity index (χ4v) is 4.86. The van der Waals surface area contributed by atoms with Crippen molar-refractivity contribution in [1.29, 1.82) is 0 Å². The van der Waals surface area contributed by atoms with Gasteiger partial charge in [0.2, 0.25) is 0 Å². The predicted octanol–water partition coefficient (Wildman–Crippen LogP) is 3.13. The summed E-state index contributed by atoms with van der Waals surface area (Å²) in [5.41, 5.74) is -1.11. The van der Waals surface area contributed by atoms with Crippen molar-refractivity contribution in [2.45, 2.75) is 63.0 Å². The number of piperidine rings is 1. The highest BCUT2D eigenvalue weighted by molar-refractivity contribution is 5.85. The molecule has 2 saturated heterocycles. The Morgan fingerprint density at radius 3 is 1.88 bits per heavy atom. The summed E-state index contributed by atoms with van der Waals surface area (Å²) < 4.78 is 28.2. The molecule has 2 bridgehead atoms. The van der Waals surface area contributed by atoms with Crippen LogP contribution in [-0.2, 0) is 0 Å². The fraction of sp³-hybridized carbons (Fsp3) is 1.00. The maximum absolute atomic E-state index is 14.1. The molecule has 2 aliphatic carbocycles. The Kier molecular flexibility index (Phi) is 2.05. The van der Waals surface area contributed by atoms with Gasteiger partial charge in [0.25, 0.3) is 5.92 Å². The SMILES string of the molecule is Cl.FC1(F)C2(CCC2)C12CC1CCC(C2)N1. The standard InChI is InChI=1S/C12H17F2N.ClH/c13-12(14)10(4-1-5-10)11(12)6-8-2-3-9(7-11)15-8;/h8-9,15H,1-7H2;1H. The van der Waals surface area contributed by atoms with E-state index in [2.05, 4.69) is 5.32 Å². The number of rotatable bonds is 0. The van der Waals surface area contributed by atoms with E-state index in [1.807, 2.05) is 0 Å².